The Kier molecular flexibility index (Phi) is 7.08. The number of aromatic nitrogens is 2. The van der Waals surface area contributed by atoms with E-state index in [4.69, 9.17) is 0 Å². The van der Waals surface area contributed by atoms with Crippen molar-refractivity contribution in [2.24, 2.45) is 0 Å². The maximum Gasteiger partial charge on any atom is 0.258 e. The summed E-state index contributed by atoms with van der Waals surface area (Å²) in [5.74, 6) is 0.174. The van der Waals surface area contributed by atoms with Crippen LogP contribution in [0.5, 0.6) is 0 Å². The first-order valence-electron chi connectivity index (χ1n) is 8.79. The SMILES string of the molecule is CCCN(CCC)c1ncc(C(=O)Nc2cccc(NC(C)=O)c2)cn1. The zero-order chi connectivity index (χ0) is 18.9. The molecule has 0 bridgehead atoms. The first kappa shape index (κ1) is 19.4. The minimum absolute atomic E-state index is 0.166. The van der Waals surface area contributed by atoms with Crippen LogP contribution in [0.2, 0.25) is 0 Å². The highest BCUT2D eigenvalue weighted by Gasteiger charge is 2.11. The van der Waals surface area contributed by atoms with Gasteiger partial charge in [0.25, 0.3) is 5.91 Å². The standard InChI is InChI=1S/C19H25N5O2/c1-4-9-24(10-5-2)19-20-12-15(13-21-19)18(26)23-17-8-6-7-16(11-17)22-14(3)25/h6-8,11-13H,4-5,9-10H2,1-3H3,(H,22,25)(H,23,26). The number of anilines is 3. The van der Waals surface area contributed by atoms with E-state index in [-0.39, 0.29) is 11.8 Å². The van der Waals surface area contributed by atoms with Crippen LogP contribution in [0, 0.1) is 0 Å². The van der Waals surface area contributed by atoms with Crippen LogP contribution in [-0.2, 0) is 4.79 Å². The van der Waals surface area contributed by atoms with Crippen molar-refractivity contribution < 1.29 is 9.59 Å². The third kappa shape index (κ3) is 5.54. The van der Waals surface area contributed by atoms with Crippen molar-refractivity contribution in [1.29, 1.82) is 0 Å². The van der Waals surface area contributed by atoms with Crippen molar-refractivity contribution >= 4 is 29.1 Å². The highest BCUT2D eigenvalue weighted by atomic mass is 16.2. The molecule has 2 amide bonds. The average molecular weight is 355 g/mol. The summed E-state index contributed by atoms with van der Waals surface area (Å²) in [6, 6.07) is 6.96. The molecule has 0 saturated heterocycles. The molecule has 0 atom stereocenters. The van der Waals surface area contributed by atoms with Crippen molar-refractivity contribution in [3.8, 4) is 0 Å². The topological polar surface area (TPSA) is 87.2 Å². The molecule has 2 aromatic rings. The molecule has 1 heterocycles. The Bertz CT molecular complexity index is 740. The van der Waals surface area contributed by atoms with Crippen LogP contribution in [-0.4, -0.2) is 34.9 Å². The number of hydrogen-bond acceptors (Lipinski definition) is 5. The van der Waals surface area contributed by atoms with Crippen molar-refractivity contribution in [2.75, 3.05) is 28.6 Å². The van der Waals surface area contributed by atoms with E-state index in [2.05, 4.69) is 39.3 Å². The molecule has 1 aromatic heterocycles. The number of nitrogens with one attached hydrogen (secondary N) is 2. The van der Waals surface area contributed by atoms with Gasteiger partial charge < -0.3 is 15.5 Å². The largest absolute Gasteiger partial charge is 0.341 e. The molecule has 0 aliphatic carbocycles. The summed E-state index contributed by atoms with van der Waals surface area (Å²) >= 11 is 0. The number of carbonyl (C=O) groups is 2. The van der Waals surface area contributed by atoms with Gasteiger partial charge in [0.05, 0.1) is 5.56 Å². The zero-order valence-electron chi connectivity index (χ0n) is 15.5. The fourth-order valence-electron chi connectivity index (χ4n) is 2.53. The quantitative estimate of drug-likeness (QED) is 0.758. The Morgan fingerprint density at radius 3 is 2.12 bits per heavy atom. The van der Waals surface area contributed by atoms with Gasteiger partial charge in [0, 0.05) is 43.8 Å². The summed E-state index contributed by atoms with van der Waals surface area (Å²) in [5, 5.41) is 5.47. The summed E-state index contributed by atoms with van der Waals surface area (Å²) in [6.45, 7) is 7.42. The fraction of sp³-hybridized carbons (Fsp3) is 0.368. The number of amides is 2. The van der Waals surface area contributed by atoms with E-state index in [1.807, 2.05) is 0 Å². The minimum atomic E-state index is -0.297. The first-order valence-corrected chi connectivity index (χ1v) is 8.79. The van der Waals surface area contributed by atoms with Crippen LogP contribution in [0.3, 0.4) is 0 Å². The van der Waals surface area contributed by atoms with Crippen molar-refractivity contribution in [2.45, 2.75) is 33.6 Å². The minimum Gasteiger partial charge on any atom is -0.341 e. The number of carbonyl (C=O) groups excluding carboxylic acids is 2. The molecular formula is C19H25N5O2. The molecule has 0 radical (unpaired) electrons. The molecule has 2 N–H and O–H groups in total. The smallest absolute Gasteiger partial charge is 0.258 e. The van der Waals surface area contributed by atoms with Crippen LogP contribution >= 0.6 is 0 Å². The number of hydrogen-bond donors (Lipinski definition) is 2. The van der Waals surface area contributed by atoms with Gasteiger partial charge in [-0.1, -0.05) is 19.9 Å². The zero-order valence-corrected chi connectivity index (χ0v) is 15.5. The van der Waals surface area contributed by atoms with Gasteiger partial charge in [0.2, 0.25) is 11.9 Å². The molecule has 0 spiro atoms. The van der Waals surface area contributed by atoms with Gasteiger partial charge in [-0.25, -0.2) is 9.97 Å². The van der Waals surface area contributed by atoms with Gasteiger partial charge >= 0.3 is 0 Å². The molecular weight excluding hydrogens is 330 g/mol. The van der Waals surface area contributed by atoms with Gasteiger partial charge in [-0.3, -0.25) is 9.59 Å². The normalized spacial score (nSPS) is 10.3. The second kappa shape index (κ2) is 9.50. The monoisotopic (exact) mass is 355 g/mol. The fourth-order valence-corrected chi connectivity index (χ4v) is 2.53. The van der Waals surface area contributed by atoms with E-state index in [1.165, 1.54) is 19.3 Å². The second-order valence-corrected chi connectivity index (χ2v) is 5.97. The molecule has 0 aliphatic rings. The van der Waals surface area contributed by atoms with E-state index >= 15 is 0 Å². The second-order valence-electron chi connectivity index (χ2n) is 5.97. The van der Waals surface area contributed by atoms with E-state index in [0.29, 0.717) is 22.9 Å². The Morgan fingerprint density at radius 2 is 1.58 bits per heavy atom. The lowest BCUT2D eigenvalue weighted by Crippen LogP contribution is -2.27. The Balaban J connectivity index is 2.07. The molecule has 7 heteroatoms. The predicted molar refractivity (Wildman–Crippen MR) is 104 cm³/mol. The molecule has 1 aromatic carbocycles. The van der Waals surface area contributed by atoms with E-state index in [9.17, 15) is 9.59 Å². The van der Waals surface area contributed by atoms with E-state index in [1.54, 1.807) is 24.3 Å². The number of nitrogens with zero attached hydrogens (tertiary/aromatic N) is 3. The summed E-state index contributed by atoms with van der Waals surface area (Å²) in [6.07, 6.45) is 5.09. The van der Waals surface area contributed by atoms with E-state index < -0.39 is 0 Å². The van der Waals surface area contributed by atoms with E-state index in [0.717, 1.165) is 25.9 Å². The van der Waals surface area contributed by atoms with Crippen molar-refractivity contribution in [3.63, 3.8) is 0 Å². The summed E-state index contributed by atoms with van der Waals surface area (Å²) in [7, 11) is 0. The van der Waals surface area contributed by atoms with Crippen LogP contribution in [0.4, 0.5) is 17.3 Å². The highest BCUT2D eigenvalue weighted by Crippen LogP contribution is 2.16. The summed E-state index contributed by atoms with van der Waals surface area (Å²) < 4.78 is 0. The van der Waals surface area contributed by atoms with Gasteiger partial charge in [0.15, 0.2) is 0 Å². The van der Waals surface area contributed by atoms with Crippen molar-refractivity contribution in [3.05, 3.63) is 42.2 Å². The average Bonchev–Trinajstić information content (AvgIpc) is 2.61. The Hall–Kier alpha value is -2.96. The van der Waals surface area contributed by atoms with Crippen molar-refractivity contribution in [1.82, 2.24) is 9.97 Å². The lowest BCUT2D eigenvalue weighted by atomic mass is 10.2. The number of rotatable bonds is 8. The summed E-state index contributed by atoms with van der Waals surface area (Å²) in [5.41, 5.74) is 1.59. The third-order valence-corrected chi connectivity index (χ3v) is 3.61. The van der Waals surface area contributed by atoms with Gasteiger partial charge in [-0.2, -0.15) is 0 Å². The molecule has 0 aliphatic heterocycles. The summed E-state index contributed by atoms with van der Waals surface area (Å²) in [4.78, 5) is 34.3. The molecule has 2 rings (SSSR count). The lowest BCUT2D eigenvalue weighted by molar-refractivity contribution is -0.114. The maximum atomic E-state index is 12.4. The molecule has 0 unspecified atom stereocenters. The van der Waals surface area contributed by atoms with Crippen LogP contribution in [0.25, 0.3) is 0 Å². The predicted octanol–water partition coefficient (Wildman–Crippen LogP) is 3.31. The lowest BCUT2D eigenvalue weighted by Gasteiger charge is -2.21. The Morgan fingerprint density at radius 1 is 1.00 bits per heavy atom. The molecule has 138 valence electrons. The molecule has 0 saturated carbocycles. The van der Waals surface area contributed by atoms with Crippen LogP contribution in [0.1, 0.15) is 44.0 Å². The first-order chi connectivity index (χ1) is 12.5. The molecule has 0 fully saturated rings. The molecule has 7 nitrogen and oxygen atoms in total. The number of benzene rings is 1. The van der Waals surface area contributed by atoms with Gasteiger partial charge in [-0.15, -0.1) is 0 Å². The molecule has 26 heavy (non-hydrogen) atoms. The Labute approximate surface area is 153 Å². The highest BCUT2D eigenvalue weighted by molar-refractivity contribution is 6.04. The van der Waals surface area contributed by atoms with Gasteiger partial charge in [0.1, 0.15) is 0 Å². The van der Waals surface area contributed by atoms with Gasteiger partial charge in [-0.05, 0) is 31.0 Å². The van der Waals surface area contributed by atoms with Crippen LogP contribution in [0.15, 0.2) is 36.7 Å². The van der Waals surface area contributed by atoms with Crippen LogP contribution < -0.4 is 15.5 Å². The maximum absolute atomic E-state index is 12.4. The third-order valence-electron chi connectivity index (χ3n) is 3.61.